The van der Waals surface area contributed by atoms with Crippen molar-refractivity contribution in [1.29, 1.82) is 0 Å². The van der Waals surface area contributed by atoms with Crippen LogP contribution in [0.15, 0.2) is 41.5 Å². The predicted molar refractivity (Wildman–Crippen MR) is 108 cm³/mol. The van der Waals surface area contributed by atoms with Gasteiger partial charge < -0.3 is 0 Å². The molecule has 1 aromatic carbocycles. The van der Waals surface area contributed by atoms with Crippen molar-refractivity contribution in [2.45, 2.75) is 13.0 Å². The average molecular weight is 436 g/mol. The second-order valence-electron chi connectivity index (χ2n) is 6.24. The van der Waals surface area contributed by atoms with Crippen molar-refractivity contribution in [3.63, 3.8) is 0 Å². The Labute approximate surface area is 169 Å². The maximum absolute atomic E-state index is 12.6. The number of hydrogen-bond donors (Lipinski definition) is 1. The number of hydrogen-bond acceptors (Lipinski definition) is 8. The maximum atomic E-state index is 12.6. The number of aromatic nitrogens is 2. The standard InChI is InChI=1S/C17H16N4O6S2/c1-29(26,27)19-7-6-12-3-5-16(28-12)15(22)9-20-10-18-14-8-11(21(24)25)2-4-13(14)17(20)23/h2-5,8,10,19H,6-7,9H2,1H3. The number of nitro groups is 1. The van der Waals surface area contributed by atoms with Gasteiger partial charge in [0, 0.05) is 23.6 Å². The Morgan fingerprint density at radius 1 is 1.31 bits per heavy atom. The Kier molecular flexibility index (Phi) is 5.86. The summed E-state index contributed by atoms with van der Waals surface area (Å²) in [7, 11) is -3.27. The molecule has 12 heteroatoms. The van der Waals surface area contributed by atoms with Crippen molar-refractivity contribution in [3.05, 3.63) is 66.9 Å². The molecule has 29 heavy (non-hydrogen) atoms. The van der Waals surface area contributed by atoms with Crippen LogP contribution in [0.3, 0.4) is 0 Å². The monoisotopic (exact) mass is 436 g/mol. The minimum atomic E-state index is -3.27. The minimum Gasteiger partial charge on any atom is -0.291 e. The summed E-state index contributed by atoms with van der Waals surface area (Å²) in [6.45, 7) is 0.00741. The van der Waals surface area contributed by atoms with E-state index < -0.39 is 20.5 Å². The predicted octanol–water partition coefficient (Wildman–Crippen LogP) is 1.34. The lowest BCUT2D eigenvalue weighted by atomic mass is 10.2. The third-order valence-electron chi connectivity index (χ3n) is 4.01. The van der Waals surface area contributed by atoms with E-state index in [1.807, 2.05) is 0 Å². The number of sulfonamides is 1. The highest BCUT2D eigenvalue weighted by Gasteiger charge is 2.14. The van der Waals surface area contributed by atoms with Crippen LogP contribution in [-0.4, -0.2) is 41.5 Å². The first-order valence-corrected chi connectivity index (χ1v) is 11.0. The molecular formula is C17H16N4O6S2. The summed E-state index contributed by atoms with van der Waals surface area (Å²) in [4.78, 5) is 40.6. The molecular weight excluding hydrogens is 420 g/mol. The van der Waals surface area contributed by atoms with Gasteiger partial charge in [-0.25, -0.2) is 18.1 Å². The summed E-state index contributed by atoms with van der Waals surface area (Å²) in [5.74, 6) is -0.289. The third-order valence-corrected chi connectivity index (χ3v) is 5.92. The topological polar surface area (TPSA) is 141 Å². The summed E-state index contributed by atoms with van der Waals surface area (Å²) in [6.07, 6.45) is 2.71. The van der Waals surface area contributed by atoms with Crippen LogP contribution in [-0.2, 0) is 23.0 Å². The molecule has 0 atom stereocenters. The van der Waals surface area contributed by atoms with Crippen LogP contribution in [0.5, 0.6) is 0 Å². The van der Waals surface area contributed by atoms with Gasteiger partial charge in [-0.2, -0.15) is 0 Å². The first-order chi connectivity index (χ1) is 13.6. The lowest BCUT2D eigenvalue weighted by Gasteiger charge is -2.05. The van der Waals surface area contributed by atoms with Gasteiger partial charge in [0.25, 0.3) is 11.2 Å². The number of nitro benzene ring substituents is 1. The van der Waals surface area contributed by atoms with Gasteiger partial charge in [0.1, 0.15) is 0 Å². The van der Waals surface area contributed by atoms with E-state index in [0.717, 1.165) is 15.7 Å². The van der Waals surface area contributed by atoms with Gasteiger partial charge in [-0.05, 0) is 24.6 Å². The van der Waals surface area contributed by atoms with Crippen LogP contribution in [0, 0.1) is 10.1 Å². The van der Waals surface area contributed by atoms with Crippen LogP contribution in [0.4, 0.5) is 5.69 Å². The molecule has 0 unspecified atom stereocenters. The van der Waals surface area contributed by atoms with Crippen molar-refractivity contribution < 1.29 is 18.1 Å². The molecule has 0 bridgehead atoms. The normalized spacial score (nSPS) is 11.6. The van der Waals surface area contributed by atoms with Crippen LogP contribution < -0.4 is 10.3 Å². The van der Waals surface area contributed by atoms with Crippen molar-refractivity contribution in [1.82, 2.24) is 14.3 Å². The number of thiophene rings is 1. The summed E-state index contributed by atoms with van der Waals surface area (Å²) in [5.41, 5.74) is -0.452. The highest BCUT2D eigenvalue weighted by molar-refractivity contribution is 7.88. The van der Waals surface area contributed by atoms with Crippen molar-refractivity contribution >= 4 is 43.7 Å². The molecule has 0 spiro atoms. The van der Waals surface area contributed by atoms with E-state index in [-0.39, 0.29) is 35.5 Å². The Bertz CT molecular complexity index is 1260. The molecule has 0 aliphatic rings. The molecule has 0 saturated carbocycles. The summed E-state index contributed by atoms with van der Waals surface area (Å²) in [5, 5.41) is 11.0. The molecule has 0 fully saturated rings. The Morgan fingerprint density at radius 2 is 2.07 bits per heavy atom. The highest BCUT2D eigenvalue weighted by Crippen LogP contribution is 2.19. The number of non-ortho nitro benzene ring substituents is 1. The van der Waals surface area contributed by atoms with Gasteiger partial charge in [-0.1, -0.05) is 0 Å². The van der Waals surface area contributed by atoms with Gasteiger partial charge in [-0.15, -0.1) is 11.3 Å². The molecule has 3 aromatic rings. The molecule has 152 valence electrons. The number of fused-ring (bicyclic) bond motifs is 1. The smallest absolute Gasteiger partial charge is 0.271 e. The van der Waals surface area contributed by atoms with E-state index >= 15 is 0 Å². The average Bonchev–Trinajstić information content (AvgIpc) is 3.11. The number of carbonyl (C=O) groups is 1. The Hall–Kier alpha value is -2.96. The van der Waals surface area contributed by atoms with Gasteiger partial charge in [0.05, 0.1) is 39.8 Å². The molecule has 0 amide bonds. The van der Waals surface area contributed by atoms with E-state index in [9.17, 15) is 28.1 Å². The Balaban J connectivity index is 1.74. The lowest BCUT2D eigenvalue weighted by Crippen LogP contribution is -2.24. The van der Waals surface area contributed by atoms with Gasteiger partial charge in [0.2, 0.25) is 10.0 Å². The highest BCUT2D eigenvalue weighted by atomic mass is 32.2. The Morgan fingerprint density at radius 3 is 2.76 bits per heavy atom. The van der Waals surface area contributed by atoms with Crippen molar-refractivity contribution in [2.75, 3.05) is 12.8 Å². The molecule has 10 nitrogen and oxygen atoms in total. The number of nitrogens with zero attached hydrogens (tertiary/aromatic N) is 3. The van der Waals surface area contributed by atoms with Crippen molar-refractivity contribution in [3.8, 4) is 0 Å². The fourth-order valence-corrected chi connectivity index (χ4v) is 4.04. The molecule has 0 aliphatic heterocycles. The SMILES string of the molecule is CS(=O)(=O)NCCc1ccc(C(=O)Cn2cnc3cc([N+](=O)[O-])ccc3c2=O)s1. The summed E-state index contributed by atoms with van der Waals surface area (Å²) < 4.78 is 25.7. The lowest BCUT2D eigenvalue weighted by molar-refractivity contribution is -0.384. The zero-order valence-corrected chi connectivity index (χ0v) is 16.8. The van der Waals surface area contributed by atoms with Crippen molar-refractivity contribution in [2.24, 2.45) is 0 Å². The molecule has 2 aromatic heterocycles. The number of Topliss-reactive ketones (excluding diaryl/α,β-unsaturated/α-hetero) is 1. The van der Waals surface area contributed by atoms with E-state index in [0.29, 0.717) is 11.3 Å². The van der Waals surface area contributed by atoms with Gasteiger partial charge in [-0.3, -0.25) is 24.3 Å². The number of carbonyl (C=O) groups excluding carboxylic acids is 1. The molecule has 1 N–H and O–H groups in total. The third kappa shape index (κ3) is 5.10. The quantitative estimate of drug-likeness (QED) is 0.319. The number of rotatable bonds is 8. The van der Waals surface area contributed by atoms with Crippen LogP contribution >= 0.6 is 11.3 Å². The minimum absolute atomic E-state index is 0.172. The van der Waals surface area contributed by atoms with Crippen LogP contribution in [0.1, 0.15) is 14.5 Å². The second-order valence-corrected chi connectivity index (χ2v) is 9.24. The largest absolute Gasteiger partial charge is 0.291 e. The molecule has 0 saturated heterocycles. The van der Waals surface area contributed by atoms with Crippen LogP contribution in [0.2, 0.25) is 0 Å². The van der Waals surface area contributed by atoms with E-state index in [1.165, 1.54) is 35.9 Å². The zero-order valence-electron chi connectivity index (χ0n) is 15.2. The molecule has 3 rings (SSSR count). The molecule has 0 aliphatic carbocycles. The first-order valence-electron chi connectivity index (χ1n) is 8.34. The fraction of sp³-hybridized carbons (Fsp3) is 0.235. The van der Waals surface area contributed by atoms with E-state index in [4.69, 9.17) is 0 Å². The van der Waals surface area contributed by atoms with Gasteiger partial charge in [0.15, 0.2) is 5.78 Å². The molecule has 0 radical (unpaired) electrons. The molecule has 2 heterocycles. The first kappa shape index (κ1) is 20.8. The van der Waals surface area contributed by atoms with Crippen LogP contribution in [0.25, 0.3) is 10.9 Å². The van der Waals surface area contributed by atoms with E-state index in [1.54, 1.807) is 12.1 Å². The fourth-order valence-electron chi connectivity index (χ4n) is 2.63. The number of ketones is 1. The number of benzene rings is 1. The van der Waals surface area contributed by atoms with E-state index in [2.05, 4.69) is 9.71 Å². The number of nitrogens with one attached hydrogen (secondary N) is 1. The maximum Gasteiger partial charge on any atom is 0.271 e. The zero-order chi connectivity index (χ0) is 21.2. The summed E-state index contributed by atoms with van der Waals surface area (Å²) in [6, 6.07) is 7.11. The summed E-state index contributed by atoms with van der Waals surface area (Å²) >= 11 is 1.23. The second kappa shape index (κ2) is 8.19. The van der Waals surface area contributed by atoms with Gasteiger partial charge >= 0.3 is 0 Å².